The summed E-state index contributed by atoms with van der Waals surface area (Å²) in [7, 11) is 0. The highest BCUT2D eigenvalue weighted by Gasteiger charge is 2.40. The molecule has 0 aromatic heterocycles. The molecule has 2 nitrogen and oxygen atoms in total. The summed E-state index contributed by atoms with van der Waals surface area (Å²) in [6, 6.07) is 5.21. The van der Waals surface area contributed by atoms with Crippen molar-refractivity contribution in [2.75, 3.05) is 6.61 Å². The van der Waals surface area contributed by atoms with Crippen LogP contribution in [0, 0.1) is 6.92 Å². The number of benzene rings is 1. The highest BCUT2D eigenvalue weighted by atomic mass is 19.4. The lowest BCUT2D eigenvalue weighted by Crippen LogP contribution is -2.21. The van der Waals surface area contributed by atoms with Gasteiger partial charge in [-0.2, -0.15) is 13.2 Å². The molecule has 0 unspecified atom stereocenters. The summed E-state index contributed by atoms with van der Waals surface area (Å²) < 4.78 is 41.0. The number of aryl methyl sites for hydroxylation is 1. The smallest absolute Gasteiger partial charge is 0.422 e. The Balaban J connectivity index is 2.15. The van der Waals surface area contributed by atoms with Crippen molar-refractivity contribution in [3.63, 3.8) is 0 Å². The SMILES string of the molecule is Cc1ccc(C2(N)CC2)cc1OCC(F)(F)F. The lowest BCUT2D eigenvalue weighted by molar-refractivity contribution is -0.153. The molecule has 0 atom stereocenters. The van der Waals surface area contributed by atoms with Crippen LogP contribution in [-0.2, 0) is 5.54 Å². The van der Waals surface area contributed by atoms with Gasteiger partial charge < -0.3 is 10.5 Å². The van der Waals surface area contributed by atoms with Gasteiger partial charge in [0, 0.05) is 5.54 Å². The van der Waals surface area contributed by atoms with Gasteiger partial charge in [0.05, 0.1) is 0 Å². The quantitative estimate of drug-likeness (QED) is 0.888. The van der Waals surface area contributed by atoms with E-state index >= 15 is 0 Å². The minimum atomic E-state index is -4.32. The van der Waals surface area contributed by atoms with Crippen LogP contribution >= 0.6 is 0 Å². The Morgan fingerprint density at radius 2 is 2.00 bits per heavy atom. The van der Waals surface area contributed by atoms with Crippen molar-refractivity contribution in [1.29, 1.82) is 0 Å². The van der Waals surface area contributed by atoms with E-state index in [4.69, 9.17) is 10.5 Å². The second kappa shape index (κ2) is 3.91. The molecule has 0 amide bonds. The van der Waals surface area contributed by atoms with Gasteiger partial charge in [-0.15, -0.1) is 0 Å². The van der Waals surface area contributed by atoms with Crippen molar-refractivity contribution < 1.29 is 17.9 Å². The van der Waals surface area contributed by atoms with Gasteiger partial charge in [-0.3, -0.25) is 0 Å². The van der Waals surface area contributed by atoms with Crippen LogP contribution in [0.5, 0.6) is 5.75 Å². The summed E-state index contributed by atoms with van der Waals surface area (Å²) in [4.78, 5) is 0. The van der Waals surface area contributed by atoms with Gasteiger partial charge in [-0.05, 0) is 37.0 Å². The van der Waals surface area contributed by atoms with E-state index < -0.39 is 12.8 Å². The molecular formula is C12H14F3NO. The molecule has 1 aliphatic rings. The molecule has 0 aliphatic heterocycles. The fraction of sp³-hybridized carbons (Fsp3) is 0.500. The minimum absolute atomic E-state index is 0.261. The first-order valence-electron chi connectivity index (χ1n) is 5.40. The molecule has 1 aliphatic carbocycles. The van der Waals surface area contributed by atoms with E-state index in [0.29, 0.717) is 5.56 Å². The second-order valence-corrected chi connectivity index (χ2v) is 4.54. The summed E-state index contributed by atoms with van der Waals surface area (Å²) >= 11 is 0. The molecule has 0 saturated heterocycles. The Labute approximate surface area is 97.6 Å². The molecule has 1 saturated carbocycles. The Hall–Kier alpha value is -1.23. The Morgan fingerprint density at radius 3 is 2.53 bits per heavy atom. The molecule has 0 radical (unpaired) electrons. The second-order valence-electron chi connectivity index (χ2n) is 4.54. The van der Waals surface area contributed by atoms with Gasteiger partial charge in [0.15, 0.2) is 6.61 Å². The van der Waals surface area contributed by atoms with Crippen LogP contribution < -0.4 is 10.5 Å². The van der Waals surface area contributed by atoms with Gasteiger partial charge in [-0.1, -0.05) is 12.1 Å². The Morgan fingerprint density at radius 1 is 1.35 bits per heavy atom. The molecule has 2 N–H and O–H groups in total. The van der Waals surface area contributed by atoms with Crippen molar-refractivity contribution in [2.24, 2.45) is 5.73 Å². The van der Waals surface area contributed by atoms with E-state index in [1.54, 1.807) is 19.1 Å². The highest BCUT2D eigenvalue weighted by molar-refractivity contribution is 5.41. The summed E-state index contributed by atoms with van der Waals surface area (Å²) in [5.41, 5.74) is 7.16. The maximum atomic E-state index is 12.1. The molecule has 5 heteroatoms. The van der Waals surface area contributed by atoms with Crippen LogP contribution in [0.2, 0.25) is 0 Å². The van der Waals surface area contributed by atoms with Crippen LogP contribution in [0.4, 0.5) is 13.2 Å². The zero-order chi connectivity index (χ0) is 12.7. The predicted molar refractivity (Wildman–Crippen MR) is 57.8 cm³/mol. The van der Waals surface area contributed by atoms with Gasteiger partial charge in [0.2, 0.25) is 0 Å². The van der Waals surface area contributed by atoms with Crippen LogP contribution in [0.25, 0.3) is 0 Å². The predicted octanol–water partition coefficient (Wildman–Crippen LogP) is 2.88. The molecule has 94 valence electrons. The highest BCUT2D eigenvalue weighted by Crippen LogP contribution is 2.43. The van der Waals surface area contributed by atoms with Crippen LogP contribution in [0.15, 0.2) is 18.2 Å². The van der Waals surface area contributed by atoms with Crippen LogP contribution in [0.1, 0.15) is 24.0 Å². The zero-order valence-corrected chi connectivity index (χ0v) is 9.47. The number of hydrogen-bond donors (Lipinski definition) is 1. The summed E-state index contributed by atoms with van der Waals surface area (Å²) in [6.45, 7) is 0.445. The average molecular weight is 245 g/mol. The molecule has 1 aromatic carbocycles. The first-order valence-corrected chi connectivity index (χ1v) is 5.40. The fourth-order valence-corrected chi connectivity index (χ4v) is 1.65. The maximum Gasteiger partial charge on any atom is 0.422 e. The minimum Gasteiger partial charge on any atom is -0.484 e. The fourth-order valence-electron chi connectivity index (χ4n) is 1.65. The molecule has 0 bridgehead atoms. The van der Waals surface area contributed by atoms with Gasteiger partial charge >= 0.3 is 6.18 Å². The van der Waals surface area contributed by atoms with Gasteiger partial charge in [0.25, 0.3) is 0 Å². The molecule has 17 heavy (non-hydrogen) atoms. The van der Waals surface area contributed by atoms with E-state index in [1.165, 1.54) is 0 Å². The lowest BCUT2D eigenvalue weighted by atomic mass is 10.0. The summed E-state index contributed by atoms with van der Waals surface area (Å²) in [5.74, 6) is 0.261. The summed E-state index contributed by atoms with van der Waals surface area (Å²) in [5, 5.41) is 0. The number of rotatable bonds is 3. The largest absolute Gasteiger partial charge is 0.484 e. The van der Waals surface area contributed by atoms with Gasteiger partial charge in [-0.25, -0.2) is 0 Å². The van der Waals surface area contributed by atoms with Crippen molar-refractivity contribution in [1.82, 2.24) is 0 Å². The monoisotopic (exact) mass is 245 g/mol. The van der Waals surface area contributed by atoms with Gasteiger partial charge in [0.1, 0.15) is 5.75 Å². The average Bonchev–Trinajstić information content (AvgIpc) is 2.95. The molecule has 1 fully saturated rings. The van der Waals surface area contributed by atoms with Crippen LogP contribution in [0.3, 0.4) is 0 Å². The van der Waals surface area contributed by atoms with E-state index in [-0.39, 0.29) is 11.3 Å². The first kappa shape index (κ1) is 12.2. The molecule has 0 spiro atoms. The number of ether oxygens (including phenoxy) is 1. The number of hydrogen-bond acceptors (Lipinski definition) is 2. The van der Waals surface area contributed by atoms with Crippen LogP contribution in [-0.4, -0.2) is 12.8 Å². The van der Waals surface area contributed by atoms with E-state index in [0.717, 1.165) is 18.4 Å². The third-order valence-corrected chi connectivity index (χ3v) is 2.94. The van der Waals surface area contributed by atoms with E-state index in [1.807, 2.05) is 6.07 Å². The Kier molecular flexibility index (Phi) is 2.81. The third kappa shape index (κ3) is 2.91. The normalized spacial score (nSPS) is 17.9. The zero-order valence-electron chi connectivity index (χ0n) is 9.47. The van der Waals surface area contributed by atoms with E-state index in [9.17, 15) is 13.2 Å². The Bertz CT molecular complexity index is 424. The molecule has 2 rings (SSSR count). The number of nitrogens with two attached hydrogens (primary N) is 1. The van der Waals surface area contributed by atoms with E-state index in [2.05, 4.69) is 0 Å². The lowest BCUT2D eigenvalue weighted by Gasteiger charge is -2.15. The van der Waals surface area contributed by atoms with Crippen molar-refractivity contribution in [3.05, 3.63) is 29.3 Å². The maximum absolute atomic E-state index is 12.1. The molecular weight excluding hydrogens is 231 g/mol. The number of halogens is 3. The topological polar surface area (TPSA) is 35.2 Å². The molecule has 0 heterocycles. The van der Waals surface area contributed by atoms with Crippen molar-refractivity contribution in [2.45, 2.75) is 31.5 Å². The third-order valence-electron chi connectivity index (χ3n) is 2.94. The number of alkyl halides is 3. The standard InChI is InChI=1S/C12H14F3NO/c1-8-2-3-9(11(16)4-5-11)6-10(8)17-7-12(13,14)15/h2-3,6H,4-5,7,16H2,1H3. The molecule has 1 aromatic rings. The first-order chi connectivity index (χ1) is 7.80. The summed E-state index contributed by atoms with van der Waals surface area (Å²) in [6.07, 6.45) is -2.58. The van der Waals surface area contributed by atoms with Crippen molar-refractivity contribution in [3.8, 4) is 5.75 Å². The van der Waals surface area contributed by atoms with Crippen molar-refractivity contribution >= 4 is 0 Å².